The third kappa shape index (κ3) is 4.78. The molecule has 2 amide bonds. The molecule has 5 nitrogen and oxygen atoms in total. The zero-order chi connectivity index (χ0) is 20.1. The summed E-state index contributed by atoms with van der Waals surface area (Å²) in [5.41, 5.74) is 4.35. The van der Waals surface area contributed by atoms with E-state index in [1.165, 1.54) is 30.3 Å². The van der Waals surface area contributed by atoms with Crippen LogP contribution < -0.4 is 10.6 Å². The molecule has 2 aromatic carbocycles. The number of urea groups is 1. The SMILES string of the molecule is CCn1c(CCc2ccc(NC(=O)NC3CCCCC3)cc2)nc2ccccc21. The minimum atomic E-state index is -0.0960. The Morgan fingerprint density at radius 2 is 1.79 bits per heavy atom. The van der Waals surface area contributed by atoms with Crippen molar-refractivity contribution >= 4 is 22.8 Å². The summed E-state index contributed by atoms with van der Waals surface area (Å²) in [4.78, 5) is 17.0. The molecule has 1 heterocycles. The molecule has 4 rings (SSSR count). The van der Waals surface area contributed by atoms with Gasteiger partial charge in [0.1, 0.15) is 5.82 Å². The highest BCUT2D eigenvalue weighted by Gasteiger charge is 2.15. The van der Waals surface area contributed by atoms with E-state index in [1.54, 1.807) is 0 Å². The normalized spacial score (nSPS) is 14.8. The van der Waals surface area contributed by atoms with Crippen LogP contribution in [0.15, 0.2) is 48.5 Å². The van der Waals surface area contributed by atoms with Crippen molar-refractivity contribution in [3.05, 3.63) is 59.9 Å². The Labute approximate surface area is 172 Å². The fourth-order valence-corrected chi connectivity index (χ4v) is 4.28. The lowest BCUT2D eigenvalue weighted by Gasteiger charge is -2.22. The summed E-state index contributed by atoms with van der Waals surface area (Å²) in [5.74, 6) is 1.13. The number of carbonyl (C=O) groups excluding carboxylic acids is 1. The van der Waals surface area contributed by atoms with E-state index >= 15 is 0 Å². The molecule has 29 heavy (non-hydrogen) atoms. The van der Waals surface area contributed by atoms with Crippen LogP contribution in [-0.4, -0.2) is 21.6 Å². The Bertz CT molecular complexity index is 955. The number of carbonyl (C=O) groups is 1. The third-order valence-electron chi connectivity index (χ3n) is 5.84. The van der Waals surface area contributed by atoms with Crippen LogP contribution in [0.25, 0.3) is 11.0 Å². The number of aromatic nitrogens is 2. The van der Waals surface area contributed by atoms with Gasteiger partial charge in [-0.1, -0.05) is 43.5 Å². The number of nitrogens with zero attached hydrogens (tertiary/aromatic N) is 2. The molecular formula is C24H30N4O. The second-order valence-corrected chi connectivity index (χ2v) is 7.89. The molecule has 0 unspecified atom stereocenters. The average molecular weight is 391 g/mol. The van der Waals surface area contributed by atoms with Gasteiger partial charge in [0.2, 0.25) is 0 Å². The first kappa shape index (κ1) is 19.5. The molecule has 0 bridgehead atoms. The monoisotopic (exact) mass is 390 g/mol. The zero-order valence-corrected chi connectivity index (χ0v) is 17.2. The zero-order valence-electron chi connectivity index (χ0n) is 17.2. The molecule has 0 aliphatic heterocycles. The van der Waals surface area contributed by atoms with E-state index < -0.39 is 0 Å². The van der Waals surface area contributed by atoms with Gasteiger partial charge in [-0.25, -0.2) is 9.78 Å². The van der Waals surface area contributed by atoms with Crippen molar-refractivity contribution in [3.8, 4) is 0 Å². The summed E-state index contributed by atoms with van der Waals surface area (Å²) in [7, 11) is 0. The van der Waals surface area contributed by atoms with E-state index in [2.05, 4.69) is 52.5 Å². The van der Waals surface area contributed by atoms with Crippen molar-refractivity contribution < 1.29 is 4.79 Å². The Morgan fingerprint density at radius 3 is 2.55 bits per heavy atom. The van der Waals surface area contributed by atoms with Crippen LogP contribution >= 0.6 is 0 Å². The minimum absolute atomic E-state index is 0.0960. The molecule has 3 aromatic rings. The highest BCUT2D eigenvalue weighted by Crippen LogP contribution is 2.19. The lowest BCUT2D eigenvalue weighted by atomic mass is 9.96. The van der Waals surface area contributed by atoms with Gasteiger partial charge in [-0.05, 0) is 56.0 Å². The first-order valence-corrected chi connectivity index (χ1v) is 10.8. The van der Waals surface area contributed by atoms with Crippen molar-refractivity contribution in [1.29, 1.82) is 0 Å². The van der Waals surface area contributed by atoms with Gasteiger partial charge in [-0.3, -0.25) is 0 Å². The Morgan fingerprint density at radius 1 is 1.03 bits per heavy atom. The fraction of sp³-hybridized carbons (Fsp3) is 0.417. The van der Waals surface area contributed by atoms with Crippen molar-refractivity contribution in [2.45, 2.75) is 64.5 Å². The van der Waals surface area contributed by atoms with Crippen LogP contribution in [0.3, 0.4) is 0 Å². The molecule has 1 saturated carbocycles. The summed E-state index contributed by atoms with van der Waals surface area (Å²) in [6, 6.07) is 16.7. The van der Waals surface area contributed by atoms with Gasteiger partial charge in [-0.15, -0.1) is 0 Å². The maximum atomic E-state index is 12.2. The molecule has 2 N–H and O–H groups in total. The van der Waals surface area contributed by atoms with Crippen LogP contribution in [0.5, 0.6) is 0 Å². The molecular weight excluding hydrogens is 360 g/mol. The fourth-order valence-electron chi connectivity index (χ4n) is 4.28. The minimum Gasteiger partial charge on any atom is -0.335 e. The molecule has 0 saturated heterocycles. The topological polar surface area (TPSA) is 59.0 Å². The van der Waals surface area contributed by atoms with E-state index in [9.17, 15) is 4.79 Å². The Hall–Kier alpha value is -2.82. The molecule has 152 valence electrons. The second-order valence-electron chi connectivity index (χ2n) is 7.89. The maximum Gasteiger partial charge on any atom is 0.319 e. The number of fused-ring (bicyclic) bond motifs is 1. The van der Waals surface area contributed by atoms with Gasteiger partial charge in [0.25, 0.3) is 0 Å². The van der Waals surface area contributed by atoms with E-state index in [0.29, 0.717) is 6.04 Å². The molecule has 1 aromatic heterocycles. The highest BCUT2D eigenvalue weighted by atomic mass is 16.2. The van der Waals surface area contributed by atoms with E-state index in [1.807, 2.05) is 18.2 Å². The average Bonchev–Trinajstić information content (AvgIpc) is 3.11. The number of benzene rings is 2. The van der Waals surface area contributed by atoms with Gasteiger partial charge in [-0.2, -0.15) is 0 Å². The first-order chi connectivity index (χ1) is 14.2. The third-order valence-corrected chi connectivity index (χ3v) is 5.84. The molecule has 1 aliphatic rings. The lowest BCUT2D eigenvalue weighted by molar-refractivity contribution is 0.244. The van der Waals surface area contributed by atoms with Crippen LogP contribution in [-0.2, 0) is 19.4 Å². The number of rotatable bonds is 6. The molecule has 0 radical (unpaired) electrons. The van der Waals surface area contributed by atoms with Gasteiger partial charge < -0.3 is 15.2 Å². The predicted molar refractivity (Wildman–Crippen MR) is 118 cm³/mol. The second kappa shape index (κ2) is 9.12. The number of hydrogen-bond acceptors (Lipinski definition) is 2. The van der Waals surface area contributed by atoms with Crippen LogP contribution in [0.4, 0.5) is 10.5 Å². The van der Waals surface area contributed by atoms with Crippen LogP contribution in [0.2, 0.25) is 0 Å². The van der Waals surface area contributed by atoms with E-state index in [-0.39, 0.29) is 6.03 Å². The number of anilines is 1. The number of nitrogens with one attached hydrogen (secondary N) is 2. The van der Waals surface area contributed by atoms with Gasteiger partial charge in [0.05, 0.1) is 11.0 Å². The Kier molecular flexibility index (Phi) is 6.13. The van der Waals surface area contributed by atoms with Crippen molar-refractivity contribution in [2.24, 2.45) is 0 Å². The lowest BCUT2D eigenvalue weighted by Crippen LogP contribution is -2.38. The van der Waals surface area contributed by atoms with Crippen LogP contribution in [0.1, 0.15) is 50.4 Å². The number of amides is 2. The molecule has 1 fully saturated rings. The number of imidazole rings is 1. The van der Waals surface area contributed by atoms with Crippen LogP contribution in [0, 0.1) is 0 Å². The number of aryl methyl sites for hydroxylation is 3. The summed E-state index contributed by atoms with van der Waals surface area (Å²) in [6.07, 6.45) is 7.73. The van der Waals surface area contributed by atoms with Gasteiger partial charge in [0.15, 0.2) is 0 Å². The molecule has 5 heteroatoms. The smallest absolute Gasteiger partial charge is 0.319 e. The van der Waals surface area contributed by atoms with E-state index in [4.69, 9.17) is 4.98 Å². The molecule has 0 atom stereocenters. The maximum absolute atomic E-state index is 12.2. The van der Waals surface area contributed by atoms with Crippen molar-refractivity contribution in [1.82, 2.24) is 14.9 Å². The summed E-state index contributed by atoms with van der Waals surface area (Å²) < 4.78 is 2.29. The van der Waals surface area contributed by atoms with Crippen molar-refractivity contribution in [2.75, 3.05) is 5.32 Å². The van der Waals surface area contributed by atoms with E-state index in [0.717, 1.165) is 49.3 Å². The van der Waals surface area contributed by atoms with Gasteiger partial charge >= 0.3 is 6.03 Å². The quantitative estimate of drug-likeness (QED) is 0.600. The summed E-state index contributed by atoms with van der Waals surface area (Å²) in [5, 5.41) is 6.05. The highest BCUT2D eigenvalue weighted by molar-refractivity contribution is 5.89. The van der Waals surface area contributed by atoms with Crippen molar-refractivity contribution in [3.63, 3.8) is 0 Å². The largest absolute Gasteiger partial charge is 0.335 e. The standard InChI is InChI=1S/C24H30N4O/c1-2-28-22-11-7-6-10-21(22)27-23(28)17-14-18-12-15-20(16-13-18)26-24(29)25-19-8-4-3-5-9-19/h6-7,10-13,15-16,19H,2-5,8-9,14,17H2,1H3,(H2,25,26,29). The summed E-state index contributed by atoms with van der Waals surface area (Å²) in [6.45, 7) is 3.09. The molecule has 1 aliphatic carbocycles. The van der Waals surface area contributed by atoms with Gasteiger partial charge in [0, 0.05) is 24.7 Å². The Balaban J connectivity index is 1.33. The summed E-state index contributed by atoms with van der Waals surface area (Å²) >= 11 is 0. The molecule has 0 spiro atoms. The number of para-hydroxylation sites is 2. The first-order valence-electron chi connectivity index (χ1n) is 10.8. The number of hydrogen-bond donors (Lipinski definition) is 2. The predicted octanol–water partition coefficient (Wildman–Crippen LogP) is 5.30.